The first-order chi connectivity index (χ1) is 13.0. The monoisotopic (exact) mass is 405 g/mol. The number of nitrogens with one attached hydrogen (secondary N) is 2. The van der Waals surface area contributed by atoms with E-state index >= 15 is 0 Å². The molecule has 1 heterocycles. The number of halogens is 2. The third-order valence-corrected chi connectivity index (χ3v) is 4.28. The van der Waals surface area contributed by atoms with Crippen LogP contribution in [0, 0.1) is 0 Å². The summed E-state index contributed by atoms with van der Waals surface area (Å²) < 4.78 is 10.6. The van der Waals surface area contributed by atoms with Gasteiger partial charge in [-0.1, -0.05) is 23.2 Å². The first kappa shape index (κ1) is 18.9. The molecule has 0 radical (unpaired) electrons. The second-order valence-electron chi connectivity index (χ2n) is 5.42. The van der Waals surface area contributed by atoms with Gasteiger partial charge in [0.15, 0.2) is 11.6 Å². The Morgan fingerprint density at radius 1 is 0.889 bits per heavy atom. The van der Waals surface area contributed by atoms with Crippen LogP contribution in [0.4, 0.5) is 28.7 Å². The number of hydrogen-bond acceptors (Lipinski definition) is 7. The summed E-state index contributed by atoms with van der Waals surface area (Å²) in [6.07, 6.45) is 1.39. The van der Waals surface area contributed by atoms with E-state index in [1.54, 1.807) is 44.6 Å². The Hall–Kier alpha value is -2.90. The number of hydrogen-bond donors (Lipinski definition) is 3. The maximum atomic E-state index is 6.22. The van der Waals surface area contributed by atoms with Crippen LogP contribution >= 0.6 is 23.2 Å². The van der Waals surface area contributed by atoms with Gasteiger partial charge in [-0.3, -0.25) is 0 Å². The van der Waals surface area contributed by atoms with Crippen molar-refractivity contribution in [3.63, 3.8) is 0 Å². The van der Waals surface area contributed by atoms with Crippen molar-refractivity contribution in [2.45, 2.75) is 0 Å². The maximum absolute atomic E-state index is 6.22. The van der Waals surface area contributed by atoms with Crippen molar-refractivity contribution < 1.29 is 9.47 Å². The number of nitrogens with two attached hydrogens (primary N) is 1. The van der Waals surface area contributed by atoms with Crippen molar-refractivity contribution in [1.82, 2.24) is 9.97 Å². The van der Waals surface area contributed by atoms with E-state index in [1.165, 1.54) is 6.33 Å². The molecule has 0 spiro atoms. The molecule has 7 nitrogen and oxygen atoms in total. The molecule has 3 rings (SSSR count). The molecule has 0 saturated heterocycles. The predicted molar refractivity (Wildman–Crippen MR) is 109 cm³/mol. The van der Waals surface area contributed by atoms with Gasteiger partial charge in [-0.15, -0.1) is 0 Å². The second kappa shape index (κ2) is 8.20. The molecule has 0 fully saturated rings. The van der Waals surface area contributed by atoms with Crippen molar-refractivity contribution in [3.05, 3.63) is 52.8 Å². The largest absolute Gasteiger partial charge is 0.497 e. The molecule has 27 heavy (non-hydrogen) atoms. The van der Waals surface area contributed by atoms with Gasteiger partial charge in [0, 0.05) is 11.1 Å². The first-order valence-corrected chi connectivity index (χ1v) is 8.59. The zero-order chi connectivity index (χ0) is 19.4. The van der Waals surface area contributed by atoms with Gasteiger partial charge in [-0.2, -0.15) is 0 Å². The third-order valence-electron chi connectivity index (χ3n) is 3.73. The van der Waals surface area contributed by atoms with Gasteiger partial charge < -0.3 is 25.8 Å². The Morgan fingerprint density at radius 2 is 1.56 bits per heavy atom. The summed E-state index contributed by atoms with van der Waals surface area (Å²) in [6, 6.07) is 10.5. The van der Waals surface area contributed by atoms with Crippen molar-refractivity contribution >= 4 is 51.9 Å². The van der Waals surface area contributed by atoms with E-state index < -0.39 is 0 Å². The third kappa shape index (κ3) is 4.27. The highest BCUT2D eigenvalue weighted by Crippen LogP contribution is 2.35. The summed E-state index contributed by atoms with van der Waals surface area (Å²) in [5.74, 6) is 2.08. The Bertz CT molecular complexity index is 968. The molecule has 0 saturated carbocycles. The van der Waals surface area contributed by atoms with E-state index in [4.69, 9.17) is 38.4 Å². The van der Waals surface area contributed by atoms with E-state index in [-0.39, 0.29) is 0 Å². The molecular weight excluding hydrogens is 389 g/mol. The van der Waals surface area contributed by atoms with Crippen LogP contribution in [0.3, 0.4) is 0 Å². The van der Waals surface area contributed by atoms with Gasteiger partial charge in [-0.25, -0.2) is 9.97 Å². The Kier molecular flexibility index (Phi) is 5.73. The number of ether oxygens (including phenoxy) is 2. The van der Waals surface area contributed by atoms with Crippen molar-refractivity contribution in [2.24, 2.45) is 0 Å². The minimum absolute atomic E-state index is 0.321. The van der Waals surface area contributed by atoms with Crippen LogP contribution in [0.15, 0.2) is 42.7 Å². The van der Waals surface area contributed by atoms with E-state index in [2.05, 4.69) is 20.6 Å². The molecule has 2 aromatic carbocycles. The fourth-order valence-corrected chi connectivity index (χ4v) is 2.80. The summed E-state index contributed by atoms with van der Waals surface area (Å²) in [6.45, 7) is 0. The average molecular weight is 406 g/mol. The number of nitrogens with zero attached hydrogens (tertiary/aromatic N) is 2. The summed E-state index contributed by atoms with van der Waals surface area (Å²) in [7, 11) is 3.16. The summed E-state index contributed by atoms with van der Waals surface area (Å²) in [5, 5.41) is 7.21. The molecule has 9 heteroatoms. The lowest BCUT2D eigenvalue weighted by Crippen LogP contribution is -2.06. The standard InChI is InChI=1S/C18H17Cl2N5O2/c1-26-11-4-6-14(15(8-11)27-2)25-18-16(21)17(22-9-23-18)24-13-5-3-10(19)7-12(13)20/h3-9H,21H2,1-2H3,(H2,22,23,24,25). The van der Waals surface area contributed by atoms with Gasteiger partial charge in [0.2, 0.25) is 0 Å². The van der Waals surface area contributed by atoms with Crippen LogP contribution in [-0.4, -0.2) is 24.2 Å². The molecule has 4 N–H and O–H groups in total. The minimum Gasteiger partial charge on any atom is -0.497 e. The molecule has 0 bridgehead atoms. The van der Waals surface area contributed by atoms with E-state index in [9.17, 15) is 0 Å². The number of rotatable bonds is 6. The van der Waals surface area contributed by atoms with Gasteiger partial charge in [-0.05, 0) is 30.3 Å². The number of methoxy groups -OCH3 is 2. The molecule has 0 aliphatic carbocycles. The fraction of sp³-hybridized carbons (Fsp3) is 0.111. The number of anilines is 5. The van der Waals surface area contributed by atoms with Gasteiger partial charge in [0.05, 0.1) is 30.6 Å². The SMILES string of the molecule is COc1ccc(Nc2ncnc(Nc3ccc(Cl)cc3Cl)c2N)c(OC)c1. The number of nitrogen functional groups attached to an aromatic ring is 1. The van der Waals surface area contributed by atoms with Crippen molar-refractivity contribution in [2.75, 3.05) is 30.6 Å². The lowest BCUT2D eigenvalue weighted by molar-refractivity contribution is 0.395. The quantitative estimate of drug-likeness (QED) is 0.538. The molecule has 0 atom stereocenters. The average Bonchev–Trinajstić information content (AvgIpc) is 2.67. The molecule has 3 aromatic rings. The van der Waals surface area contributed by atoms with Crippen LogP contribution in [0.2, 0.25) is 10.0 Å². The second-order valence-corrected chi connectivity index (χ2v) is 6.27. The van der Waals surface area contributed by atoms with Crippen molar-refractivity contribution in [1.29, 1.82) is 0 Å². The molecule has 0 aliphatic rings. The van der Waals surface area contributed by atoms with Gasteiger partial charge >= 0.3 is 0 Å². The van der Waals surface area contributed by atoms with E-state index in [0.717, 1.165) is 0 Å². The van der Waals surface area contributed by atoms with Crippen LogP contribution in [0.5, 0.6) is 11.5 Å². The molecule has 0 aliphatic heterocycles. The smallest absolute Gasteiger partial charge is 0.159 e. The molecule has 140 valence electrons. The van der Waals surface area contributed by atoms with Gasteiger partial charge in [0.25, 0.3) is 0 Å². The topological polar surface area (TPSA) is 94.3 Å². The predicted octanol–water partition coefficient (Wildman–Crippen LogP) is 4.87. The van der Waals surface area contributed by atoms with Crippen molar-refractivity contribution in [3.8, 4) is 11.5 Å². The lowest BCUT2D eigenvalue weighted by atomic mass is 10.2. The zero-order valence-corrected chi connectivity index (χ0v) is 16.1. The van der Waals surface area contributed by atoms with Crippen LogP contribution < -0.4 is 25.8 Å². The van der Waals surface area contributed by atoms with E-state index in [0.29, 0.717) is 50.2 Å². The summed E-state index contributed by atoms with van der Waals surface area (Å²) in [5.41, 5.74) is 7.85. The van der Waals surface area contributed by atoms with Crippen LogP contribution in [0.25, 0.3) is 0 Å². The minimum atomic E-state index is 0.321. The summed E-state index contributed by atoms with van der Waals surface area (Å²) in [4.78, 5) is 8.38. The molecular formula is C18H17Cl2N5O2. The Labute approximate surface area is 166 Å². The zero-order valence-electron chi connectivity index (χ0n) is 14.6. The van der Waals surface area contributed by atoms with Gasteiger partial charge in [0.1, 0.15) is 23.5 Å². The van der Waals surface area contributed by atoms with Crippen LogP contribution in [0.1, 0.15) is 0 Å². The van der Waals surface area contributed by atoms with E-state index in [1.807, 2.05) is 6.07 Å². The summed E-state index contributed by atoms with van der Waals surface area (Å²) >= 11 is 12.1. The van der Waals surface area contributed by atoms with Crippen LogP contribution in [-0.2, 0) is 0 Å². The lowest BCUT2D eigenvalue weighted by Gasteiger charge is -2.15. The molecule has 0 unspecified atom stereocenters. The first-order valence-electron chi connectivity index (χ1n) is 7.83. The highest BCUT2D eigenvalue weighted by atomic mass is 35.5. The highest BCUT2D eigenvalue weighted by Gasteiger charge is 2.13. The Balaban J connectivity index is 1.89. The molecule has 1 aromatic heterocycles. The normalized spacial score (nSPS) is 10.4. The fourth-order valence-electron chi connectivity index (χ4n) is 2.34. The Morgan fingerprint density at radius 3 is 2.19 bits per heavy atom. The maximum Gasteiger partial charge on any atom is 0.159 e. The highest BCUT2D eigenvalue weighted by molar-refractivity contribution is 6.36. The number of benzene rings is 2. The molecule has 0 amide bonds. The number of aromatic nitrogens is 2.